The molecule has 10 heteroatoms. The Kier molecular flexibility index (Phi) is 4.90. The number of rotatable bonds is 7. The molecular formula is C14H19N3O7. The van der Waals surface area contributed by atoms with Crippen LogP contribution in [-0.4, -0.2) is 58.6 Å². The Hall–Kier alpha value is -2.46. The van der Waals surface area contributed by atoms with Gasteiger partial charge in [-0.15, -0.1) is 0 Å². The molecule has 1 aliphatic rings. The van der Waals surface area contributed by atoms with Gasteiger partial charge in [-0.3, -0.25) is 4.79 Å². The van der Waals surface area contributed by atoms with Crippen LogP contribution in [0.25, 0.3) is 0 Å². The first-order valence-corrected chi connectivity index (χ1v) is 7.16. The number of ether oxygens (including phenoxy) is 3. The van der Waals surface area contributed by atoms with Crippen molar-refractivity contribution in [3.8, 4) is 0 Å². The predicted molar refractivity (Wildman–Crippen MR) is 77.3 cm³/mol. The van der Waals surface area contributed by atoms with Crippen LogP contribution in [0, 0.1) is 5.41 Å². The Balaban J connectivity index is 2.07. The summed E-state index contributed by atoms with van der Waals surface area (Å²) in [6.45, 7) is -0.810. The Morgan fingerprint density at radius 1 is 1.46 bits per heavy atom. The number of aryl methyl sites for hydroxylation is 1. The van der Waals surface area contributed by atoms with Gasteiger partial charge in [-0.05, 0) is 12.8 Å². The van der Waals surface area contributed by atoms with E-state index in [0.29, 0.717) is 12.8 Å². The number of methoxy groups -OCH3 is 1. The van der Waals surface area contributed by atoms with Crippen molar-refractivity contribution >= 4 is 17.9 Å². The molecule has 10 nitrogen and oxygen atoms in total. The van der Waals surface area contributed by atoms with Crippen molar-refractivity contribution in [2.24, 2.45) is 18.2 Å². The Morgan fingerprint density at radius 3 is 2.58 bits per heavy atom. The van der Waals surface area contributed by atoms with Crippen molar-refractivity contribution in [2.75, 3.05) is 20.3 Å². The molecule has 1 atom stereocenters. The largest absolute Gasteiger partial charge is 0.464 e. The van der Waals surface area contributed by atoms with Crippen LogP contribution in [-0.2, 0) is 30.8 Å². The summed E-state index contributed by atoms with van der Waals surface area (Å²) in [6.07, 6.45) is 3.80. The summed E-state index contributed by atoms with van der Waals surface area (Å²) >= 11 is 0. The molecule has 132 valence electrons. The normalized spacial score (nSPS) is 17.5. The van der Waals surface area contributed by atoms with E-state index in [2.05, 4.69) is 9.72 Å². The van der Waals surface area contributed by atoms with Crippen molar-refractivity contribution in [3.63, 3.8) is 0 Å². The monoisotopic (exact) mass is 341 g/mol. The highest BCUT2D eigenvalue weighted by molar-refractivity contribution is 5.90. The molecule has 0 saturated heterocycles. The summed E-state index contributed by atoms with van der Waals surface area (Å²) < 4.78 is 15.6. The molecule has 0 bridgehead atoms. The fourth-order valence-electron chi connectivity index (χ4n) is 1.97. The van der Waals surface area contributed by atoms with Gasteiger partial charge in [0, 0.05) is 19.8 Å². The zero-order chi connectivity index (χ0) is 18.0. The van der Waals surface area contributed by atoms with Crippen LogP contribution in [0.4, 0.5) is 0 Å². The molecule has 1 aromatic rings. The SMILES string of the molecule is COC(=O)C(O)(COC(=O)C1(CN)CC1)OC(=O)c1cn(C)cn1. The first kappa shape index (κ1) is 17.9. The summed E-state index contributed by atoms with van der Waals surface area (Å²) in [5, 5.41) is 10.3. The van der Waals surface area contributed by atoms with Crippen molar-refractivity contribution in [1.82, 2.24) is 9.55 Å². The van der Waals surface area contributed by atoms with Crippen LogP contribution in [0.3, 0.4) is 0 Å². The lowest BCUT2D eigenvalue weighted by Gasteiger charge is -2.25. The van der Waals surface area contributed by atoms with E-state index < -0.39 is 35.7 Å². The van der Waals surface area contributed by atoms with Gasteiger partial charge in [0.25, 0.3) is 0 Å². The van der Waals surface area contributed by atoms with Gasteiger partial charge in [0.2, 0.25) is 0 Å². The van der Waals surface area contributed by atoms with E-state index in [1.807, 2.05) is 0 Å². The maximum Gasteiger partial charge on any atom is 0.383 e. The van der Waals surface area contributed by atoms with Gasteiger partial charge in [-0.25, -0.2) is 14.6 Å². The summed E-state index contributed by atoms with van der Waals surface area (Å²) in [7, 11) is 2.62. The third kappa shape index (κ3) is 3.54. The van der Waals surface area contributed by atoms with Crippen LogP contribution in [0.15, 0.2) is 12.5 Å². The van der Waals surface area contributed by atoms with Gasteiger partial charge in [-0.1, -0.05) is 0 Å². The number of aliphatic hydroxyl groups is 1. The van der Waals surface area contributed by atoms with Crippen LogP contribution in [0.2, 0.25) is 0 Å². The van der Waals surface area contributed by atoms with Gasteiger partial charge in [0.1, 0.15) is 0 Å². The molecule has 1 unspecified atom stereocenters. The smallest absolute Gasteiger partial charge is 0.383 e. The molecule has 1 fully saturated rings. The Labute approximate surface area is 137 Å². The average Bonchev–Trinajstić information content (AvgIpc) is 3.25. The second-order valence-electron chi connectivity index (χ2n) is 5.65. The minimum absolute atomic E-state index is 0.0935. The number of imidazole rings is 1. The van der Waals surface area contributed by atoms with E-state index in [1.165, 1.54) is 17.1 Å². The Bertz CT molecular complexity index is 653. The third-order valence-electron chi connectivity index (χ3n) is 3.76. The number of carbonyl (C=O) groups is 3. The number of nitrogens with zero attached hydrogens (tertiary/aromatic N) is 2. The molecule has 1 saturated carbocycles. The van der Waals surface area contributed by atoms with Crippen LogP contribution in [0.1, 0.15) is 23.3 Å². The third-order valence-corrected chi connectivity index (χ3v) is 3.76. The molecule has 0 aliphatic heterocycles. The fourth-order valence-corrected chi connectivity index (χ4v) is 1.97. The standard InChI is InChI=1S/C14H19N3O7/c1-17-5-9(16-8-17)10(18)24-14(21,12(20)22-2)7-23-11(19)13(6-15)3-4-13/h5,8,21H,3-4,6-7,15H2,1-2H3. The summed E-state index contributed by atoms with van der Waals surface area (Å²) in [5.74, 6) is -5.79. The minimum atomic E-state index is -2.77. The summed E-state index contributed by atoms with van der Waals surface area (Å²) in [6, 6.07) is 0. The van der Waals surface area contributed by atoms with Crippen molar-refractivity contribution in [3.05, 3.63) is 18.2 Å². The highest BCUT2D eigenvalue weighted by atomic mass is 16.7. The molecule has 1 aliphatic carbocycles. The van der Waals surface area contributed by atoms with E-state index in [0.717, 1.165) is 7.11 Å². The molecule has 3 N–H and O–H groups in total. The number of carbonyl (C=O) groups excluding carboxylic acids is 3. The molecular weight excluding hydrogens is 322 g/mol. The summed E-state index contributed by atoms with van der Waals surface area (Å²) in [4.78, 5) is 39.4. The Morgan fingerprint density at radius 2 is 2.12 bits per heavy atom. The maximum atomic E-state index is 12.0. The highest BCUT2D eigenvalue weighted by Crippen LogP contribution is 2.45. The first-order valence-electron chi connectivity index (χ1n) is 7.16. The summed E-state index contributed by atoms with van der Waals surface area (Å²) in [5.41, 5.74) is 4.58. The lowest BCUT2D eigenvalue weighted by Crippen LogP contribution is -2.49. The second kappa shape index (κ2) is 6.57. The number of hydrogen-bond donors (Lipinski definition) is 2. The van der Waals surface area contributed by atoms with Crippen LogP contribution < -0.4 is 5.73 Å². The van der Waals surface area contributed by atoms with Gasteiger partial charge >= 0.3 is 23.7 Å². The first-order chi connectivity index (χ1) is 11.3. The highest BCUT2D eigenvalue weighted by Gasteiger charge is 2.52. The molecule has 0 amide bonds. The van der Waals surface area contributed by atoms with Gasteiger partial charge < -0.3 is 29.6 Å². The van der Waals surface area contributed by atoms with Gasteiger partial charge in [0.05, 0.1) is 18.9 Å². The van der Waals surface area contributed by atoms with Crippen molar-refractivity contribution in [2.45, 2.75) is 18.6 Å². The predicted octanol–water partition coefficient (Wildman–Crippen LogP) is -1.28. The lowest BCUT2D eigenvalue weighted by atomic mass is 10.1. The molecule has 0 radical (unpaired) electrons. The number of hydrogen-bond acceptors (Lipinski definition) is 9. The van der Waals surface area contributed by atoms with Gasteiger partial charge in [-0.2, -0.15) is 0 Å². The lowest BCUT2D eigenvalue weighted by molar-refractivity contribution is -0.224. The number of aromatic nitrogens is 2. The molecule has 0 aromatic carbocycles. The number of esters is 3. The van der Waals surface area contributed by atoms with Crippen LogP contribution in [0.5, 0.6) is 0 Å². The molecule has 0 spiro atoms. The van der Waals surface area contributed by atoms with E-state index in [-0.39, 0.29) is 12.2 Å². The second-order valence-corrected chi connectivity index (χ2v) is 5.65. The maximum absolute atomic E-state index is 12.0. The molecule has 1 heterocycles. The van der Waals surface area contributed by atoms with E-state index in [9.17, 15) is 19.5 Å². The molecule has 2 rings (SSSR count). The zero-order valence-corrected chi connectivity index (χ0v) is 13.4. The average molecular weight is 341 g/mol. The zero-order valence-electron chi connectivity index (χ0n) is 13.4. The minimum Gasteiger partial charge on any atom is -0.464 e. The van der Waals surface area contributed by atoms with Gasteiger partial charge in [0.15, 0.2) is 12.3 Å². The quantitative estimate of drug-likeness (QED) is 0.352. The van der Waals surface area contributed by atoms with Crippen molar-refractivity contribution in [1.29, 1.82) is 0 Å². The van der Waals surface area contributed by atoms with E-state index in [4.69, 9.17) is 15.2 Å². The number of nitrogens with two attached hydrogens (primary N) is 1. The van der Waals surface area contributed by atoms with E-state index in [1.54, 1.807) is 7.05 Å². The van der Waals surface area contributed by atoms with E-state index >= 15 is 0 Å². The molecule has 24 heavy (non-hydrogen) atoms. The fraction of sp³-hybridized carbons (Fsp3) is 0.571. The topological polar surface area (TPSA) is 143 Å². The molecule has 1 aromatic heterocycles. The van der Waals surface area contributed by atoms with Crippen LogP contribution >= 0.6 is 0 Å². The van der Waals surface area contributed by atoms with Crippen molar-refractivity contribution < 1.29 is 33.7 Å².